The molecule has 0 fully saturated rings. The van der Waals surface area contributed by atoms with Crippen LogP contribution in [0.15, 0.2) is 36.4 Å². The maximum Gasteiger partial charge on any atom is 0.210 e. The summed E-state index contributed by atoms with van der Waals surface area (Å²) >= 11 is 0. The smallest absolute Gasteiger partial charge is 0.210 e. The van der Waals surface area contributed by atoms with Crippen LogP contribution in [0.5, 0.6) is 17.2 Å². The Balaban J connectivity index is 2.08. The van der Waals surface area contributed by atoms with Crippen molar-refractivity contribution in [3.05, 3.63) is 53.1 Å². The normalized spacial score (nSPS) is 16.0. The lowest BCUT2D eigenvalue weighted by Gasteiger charge is -2.21. The molecule has 2 aromatic rings. The van der Waals surface area contributed by atoms with Crippen LogP contribution in [-0.4, -0.2) is 32.6 Å². The highest BCUT2D eigenvalue weighted by Gasteiger charge is 2.32. The van der Waals surface area contributed by atoms with E-state index in [-0.39, 0.29) is 6.04 Å². The second-order valence-electron chi connectivity index (χ2n) is 5.36. The molecule has 0 radical (unpaired) electrons. The van der Waals surface area contributed by atoms with Crippen LogP contribution >= 0.6 is 0 Å². The van der Waals surface area contributed by atoms with Crippen LogP contribution in [0.1, 0.15) is 22.7 Å². The Kier molecular flexibility index (Phi) is 4.10. The maximum absolute atomic E-state index is 11.5. The van der Waals surface area contributed by atoms with Gasteiger partial charge < -0.3 is 19.1 Å². The van der Waals surface area contributed by atoms with Crippen molar-refractivity contribution >= 4 is 6.41 Å². The van der Waals surface area contributed by atoms with Crippen LogP contribution in [0, 0.1) is 0 Å². The van der Waals surface area contributed by atoms with Gasteiger partial charge in [0.1, 0.15) is 5.75 Å². The predicted molar refractivity (Wildman–Crippen MR) is 86.0 cm³/mol. The quantitative estimate of drug-likeness (QED) is 0.796. The summed E-state index contributed by atoms with van der Waals surface area (Å²) in [6, 6.07) is 11.5. The zero-order valence-corrected chi connectivity index (χ0v) is 13.4. The third-order valence-corrected chi connectivity index (χ3v) is 4.19. The van der Waals surface area contributed by atoms with Crippen molar-refractivity contribution in [2.24, 2.45) is 0 Å². The second-order valence-corrected chi connectivity index (χ2v) is 5.36. The summed E-state index contributed by atoms with van der Waals surface area (Å²) < 4.78 is 16.0. The van der Waals surface area contributed by atoms with E-state index in [1.807, 2.05) is 36.4 Å². The molecule has 0 spiro atoms. The second kappa shape index (κ2) is 6.20. The molecule has 3 rings (SSSR count). The SMILES string of the molecule is COc1ccc(C2c3cc(OC)c(OC)cc3CN2C=O)cc1. The number of fused-ring (bicyclic) bond motifs is 1. The summed E-state index contributed by atoms with van der Waals surface area (Å²) in [6.07, 6.45) is 0.883. The van der Waals surface area contributed by atoms with Gasteiger partial charge in [0.2, 0.25) is 6.41 Å². The number of amides is 1. The molecular weight excluding hydrogens is 294 g/mol. The summed E-state index contributed by atoms with van der Waals surface area (Å²) in [5, 5.41) is 0. The van der Waals surface area contributed by atoms with Crippen molar-refractivity contribution in [2.75, 3.05) is 21.3 Å². The highest BCUT2D eigenvalue weighted by molar-refractivity contribution is 5.59. The van der Waals surface area contributed by atoms with E-state index < -0.39 is 0 Å². The molecule has 0 saturated heterocycles. The Morgan fingerprint density at radius 1 is 1.00 bits per heavy atom. The van der Waals surface area contributed by atoms with Gasteiger partial charge in [-0.2, -0.15) is 0 Å². The fourth-order valence-electron chi connectivity index (χ4n) is 3.05. The number of carbonyl (C=O) groups excluding carboxylic acids is 1. The minimum absolute atomic E-state index is 0.131. The van der Waals surface area contributed by atoms with Gasteiger partial charge in [-0.1, -0.05) is 12.1 Å². The lowest BCUT2D eigenvalue weighted by atomic mass is 9.97. The average Bonchev–Trinajstić information content (AvgIpc) is 2.97. The van der Waals surface area contributed by atoms with E-state index in [9.17, 15) is 4.79 Å². The van der Waals surface area contributed by atoms with Crippen molar-refractivity contribution in [2.45, 2.75) is 12.6 Å². The summed E-state index contributed by atoms with van der Waals surface area (Å²) in [6.45, 7) is 0.551. The van der Waals surface area contributed by atoms with Crippen molar-refractivity contribution in [1.29, 1.82) is 0 Å². The van der Waals surface area contributed by atoms with Crippen molar-refractivity contribution in [3.63, 3.8) is 0 Å². The van der Waals surface area contributed by atoms with E-state index in [2.05, 4.69) is 0 Å². The average molecular weight is 313 g/mol. The van der Waals surface area contributed by atoms with E-state index >= 15 is 0 Å². The number of hydrogen-bond acceptors (Lipinski definition) is 4. The molecule has 0 aliphatic carbocycles. The molecule has 1 atom stereocenters. The Morgan fingerprint density at radius 3 is 2.22 bits per heavy atom. The van der Waals surface area contributed by atoms with Crippen LogP contribution in [0.2, 0.25) is 0 Å². The fraction of sp³-hybridized carbons (Fsp3) is 0.278. The van der Waals surface area contributed by atoms with Crippen molar-refractivity contribution < 1.29 is 19.0 Å². The van der Waals surface area contributed by atoms with Crippen LogP contribution in [0.25, 0.3) is 0 Å². The van der Waals surface area contributed by atoms with E-state index in [0.29, 0.717) is 18.0 Å². The van der Waals surface area contributed by atoms with Crippen LogP contribution < -0.4 is 14.2 Å². The highest BCUT2D eigenvalue weighted by Crippen LogP contribution is 2.43. The van der Waals surface area contributed by atoms with Gasteiger partial charge in [-0.15, -0.1) is 0 Å². The molecule has 0 saturated carbocycles. The molecule has 1 aliphatic heterocycles. The van der Waals surface area contributed by atoms with E-state index in [1.165, 1.54) is 0 Å². The zero-order valence-electron chi connectivity index (χ0n) is 13.4. The summed E-state index contributed by atoms with van der Waals surface area (Å²) in [5.41, 5.74) is 3.15. The highest BCUT2D eigenvalue weighted by atomic mass is 16.5. The fourth-order valence-corrected chi connectivity index (χ4v) is 3.05. The van der Waals surface area contributed by atoms with Gasteiger partial charge in [0, 0.05) is 6.54 Å². The number of ether oxygens (including phenoxy) is 3. The Bertz CT molecular complexity index is 712. The van der Waals surface area contributed by atoms with Gasteiger partial charge in [-0.05, 0) is 41.0 Å². The molecular formula is C18H19NO4. The lowest BCUT2D eigenvalue weighted by molar-refractivity contribution is -0.119. The maximum atomic E-state index is 11.5. The van der Waals surface area contributed by atoms with Crippen LogP contribution in [0.4, 0.5) is 0 Å². The van der Waals surface area contributed by atoms with E-state index in [1.54, 1.807) is 26.2 Å². The van der Waals surface area contributed by atoms with Crippen LogP contribution in [0.3, 0.4) is 0 Å². The third kappa shape index (κ3) is 2.59. The van der Waals surface area contributed by atoms with Gasteiger partial charge in [0.05, 0.1) is 27.4 Å². The molecule has 5 nitrogen and oxygen atoms in total. The Morgan fingerprint density at radius 2 is 1.65 bits per heavy atom. The van der Waals surface area contributed by atoms with E-state index in [0.717, 1.165) is 28.8 Å². The predicted octanol–water partition coefficient (Wildman–Crippen LogP) is 2.77. The molecule has 1 amide bonds. The van der Waals surface area contributed by atoms with Crippen molar-refractivity contribution in [3.8, 4) is 17.2 Å². The van der Waals surface area contributed by atoms with Gasteiger partial charge >= 0.3 is 0 Å². The first-order chi connectivity index (χ1) is 11.2. The third-order valence-electron chi connectivity index (χ3n) is 4.19. The standard InChI is InChI=1S/C18H19NO4/c1-21-14-6-4-12(5-7-14)18-15-9-17(23-3)16(22-2)8-13(15)10-19(18)11-20/h4-9,11,18H,10H2,1-3H3. The molecule has 1 aliphatic rings. The zero-order chi connectivity index (χ0) is 16.4. The molecule has 5 heteroatoms. The van der Waals surface area contributed by atoms with Crippen molar-refractivity contribution in [1.82, 2.24) is 4.90 Å². The molecule has 1 unspecified atom stereocenters. The number of benzene rings is 2. The molecule has 1 heterocycles. The van der Waals surface area contributed by atoms with E-state index in [4.69, 9.17) is 14.2 Å². The number of rotatable bonds is 5. The Labute approximate surface area is 135 Å². The molecule has 0 bridgehead atoms. The lowest BCUT2D eigenvalue weighted by Crippen LogP contribution is -2.21. The monoisotopic (exact) mass is 313 g/mol. The summed E-state index contributed by atoms with van der Waals surface area (Å²) in [7, 11) is 4.85. The number of hydrogen-bond donors (Lipinski definition) is 0. The van der Waals surface area contributed by atoms with Gasteiger partial charge in [-0.3, -0.25) is 4.79 Å². The molecule has 0 N–H and O–H groups in total. The first-order valence-corrected chi connectivity index (χ1v) is 7.31. The summed E-state index contributed by atoms with van der Waals surface area (Å²) in [5.74, 6) is 2.13. The minimum atomic E-state index is -0.131. The Hall–Kier alpha value is -2.69. The number of methoxy groups -OCH3 is 3. The minimum Gasteiger partial charge on any atom is -0.497 e. The number of carbonyl (C=O) groups is 1. The molecule has 0 aromatic heterocycles. The van der Waals surface area contributed by atoms with Gasteiger partial charge in [0.25, 0.3) is 0 Å². The molecule has 23 heavy (non-hydrogen) atoms. The number of nitrogens with zero attached hydrogens (tertiary/aromatic N) is 1. The van der Waals surface area contributed by atoms with Gasteiger partial charge in [-0.25, -0.2) is 0 Å². The first kappa shape index (κ1) is 15.2. The van der Waals surface area contributed by atoms with Crippen LogP contribution in [-0.2, 0) is 11.3 Å². The topological polar surface area (TPSA) is 48.0 Å². The molecule has 120 valence electrons. The molecule has 2 aromatic carbocycles. The largest absolute Gasteiger partial charge is 0.497 e. The van der Waals surface area contributed by atoms with Gasteiger partial charge in [0.15, 0.2) is 11.5 Å². The summed E-state index contributed by atoms with van der Waals surface area (Å²) in [4.78, 5) is 13.3. The first-order valence-electron chi connectivity index (χ1n) is 7.31.